The number of ether oxygens (including phenoxy) is 1. The monoisotopic (exact) mass is 172 g/mol. The molecule has 3 nitrogen and oxygen atoms in total. The van der Waals surface area contributed by atoms with E-state index >= 15 is 0 Å². The third-order valence-corrected chi connectivity index (χ3v) is 1.62. The maximum atomic E-state index is 10.8. The number of esters is 1. The Bertz CT molecular complexity index is 163. The van der Waals surface area contributed by atoms with Gasteiger partial charge in [0.2, 0.25) is 0 Å². The molecule has 0 aromatic heterocycles. The van der Waals surface area contributed by atoms with Crippen LogP contribution in [0.5, 0.6) is 0 Å². The van der Waals surface area contributed by atoms with Crippen LogP contribution in [0.3, 0.4) is 0 Å². The normalized spacial score (nSPS) is 12.2. The fourth-order valence-electron chi connectivity index (χ4n) is 0.607. The summed E-state index contributed by atoms with van der Waals surface area (Å²) in [4.78, 5) is 21.3. The number of carbonyl (C=O) groups excluding carboxylic acids is 2. The summed E-state index contributed by atoms with van der Waals surface area (Å²) in [5.74, 6) is -0.187. The summed E-state index contributed by atoms with van der Waals surface area (Å²) in [6.45, 7) is 5.83. The van der Waals surface area contributed by atoms with Crippen LogP contribution in [0, 0.1) is 5.92 Å². The third-order valence-electron chi connectivity index (χ3n) is 1.62. The van der Waals surface area contributed by atoms with Gasteiger partial charge < -0.3 is 4.74 Å². The van der Waals surface area contributed by atoms with Crippen molar-refractivity contribution < 1.29 is 14.3 Å². The number of carbonyl (C=O) groups is 2. The molecule has 0 radical (unpaired) electrons. The van der Waals surface area contributed by atoms with Gasteiger partial charge in [0.15, 0.2) is 0 Å². The lowest BCUT2D eigenvalue weighted by Gasteiger charge is -2.08. The van der Waals surface area contributed by atoms with Crippen LogP contribution in [0.2, 0.25) is 0 Å². The summed E-state index contributed by atoms with van der Waals surface area (Å²) in [7, 11) is 0. The lowest BCUT2D eigenvalue weighted by Crippen LogP contribution is -2.13. The standard InChI is InChI=1S/C9H16O3/c1-4-7(2)6-12-9(11)5-8(3)10/h7H,4-6H2,1-3H3/t7-/m0/s1. The first kappa shape index (κ1) is 11.1. The molecule has 0 aromatic rings. The smallest absolute Gasteiger partial charge is 0.313 e. The molecule has 0 heterocycles. The molecule has 70 valence electrons. The van der Waals surface area contributed by atoms with Crippen molar-refractivity contribution in [1.82, 2.24) is 0 Å². The SMILES string of the molecule is CC[C@H](C)COC(=O)CC(C)=O. The molecule has 0 aliphatic carbocycles. The van der Waals surface area contributed by atoms with Gasteiger partial charge in [-0.25, -0.2) is 0 Å². The average Bonchev–Trinajstić information content (AvgIpc) is 1.99. The minimum absolute atomic E-state index is 0.101. The number of hydrogen-bond donors (Lipinski definition) is 0. The molecular formula is C9H16O3. The predicted molar refractivity (Wildman–Crippen MR) is 45.7 cm³/mol. The minimum Gasteiger partial charge on any atom is -0.465 e. The van der Waals surface area contributed by atoms with E-state index in [2.05, 4.69) is 0 Å². The Balaban J connectivity index is 3.50. The lowest BCUT2D eigenvalue weighted by molar-refractivity contribution is -0.146. The van der Waals surface area contributed by atoms with Crippen LogP contribution in [0.4, 0.5) is 0 Å². The van der Waals surface area contributed by atoms with Crippen molar-refractivity contribution in [2.24, 2.45) is 5.92 Å². The molecule has 0 N–H and O–H groups in total. The molecule has 0 unspecified atom stereocenters. The largest absolute Gasteiger partial charge is 0.465 e. The second-order valence-corrected chi connectivity index (χ2v) is 3.08. The number of rotatable bonds is 5. The summed E-state index contributed by atoms with van der Waals surface area (Å²) < 4.78 is 4.85. The number of hydrogen-bond acceptors (Lipinski definition) is 3. The van der Waals surface area contributed by atoms with Crippen molar-refractivity contribution in [1.29, 1.82) is 0 Å². The summed E-state index contributed by atoms with van der Waals surface area (Å²) in [5, 5.41) is 0. The van der Waals surface area contributed by atoms with Gasteiger partial charge in [0.05, 0.1) is 6.61 Å². The van der Waals surface area contributed by atoms with Gasteiger partial charge in [-0.1, -0.05) is 20.3 Å². The van der Waals surface area contributed by atoms with Crippen molar-refractivity contribution in [3.63, 3.8) is 0 Å². The summed E-state index contributed by atoms with van der Waals surface area (Å²) in [5.41, 5.74) is 0. The van der Waals surface area contributed by atoms with Gasteiger partial charge >= 0.3 is 5.97 Å². The zero-order valence-corrected chi connectivity index (χ0v) is 7.92. The van der Waals surface area contributed by atoms with Crippen LogP contribution in [0.15, 0.2) is 0 Å². The van der Waals surface area contributed by atoms with E-state index in [1.165, 1.54) is 6.92 Å². The number of ketones is 1. The minimum atomic E-state index is -0.414. The van der Waals surface area contributed by atoms with Crippen LogP contribution in [0.25, 0.3) is 0 Å². The van der Waals surface area contributed by atoms with Crippen molar-refractivity contribution >= 4 is 11.8 Å². The molecule has 0 aliphatic heterocycles. The third kappa shape index (κ3) is 5.89. The van der Waals surface area contributed by atoms with Gasteiger partial charge in [0.1, 0.15) is 12.2 Å². The molecule has 0 aliphatic rings. The Labute approximate surface area is 73.1 Å². The van der Waals surface area contributed by atoms with Crippen LogP contribution >= 0.6 is 0 Å². The second-order valence-electron chi connectivity index (χ2n) is 3.08. The Morgan fingerprint density at radius 3 is 2.42 bits per heavy atom. The van der Waals surface area contributed by atoms with Crippen molar-refractivity contribution in [3.05, 3.63) is 0 Å². The van der Waals surface area contributed by atoms with Gasteiger partial charge in [0.25, 0.3) is 0 Å². The van der Waals surface area contributed by atoms with Gasteiger partial charge in [-0.05, 0) is 12.8 Å². The van der Waals surface area contributed by atoms with Gasteiger partial charge in [0, 0.05) is 0 Å². The van der Waals surface area contributed by atoms with E-state index in [4.69, 9.17) is 4.74 Å². The van der Waals surface area contributed by atoms with Crippen LogP contribution < -0.4 is 0 Å². The lowest BCUT2D eigenvalue weighted by atomic mass is 10.1. The van der Waals surface area contributed by atoms with E-state index in [0.717, 1.165) is 6.42 Å². The molecule has 0 amide bonds. The molecule has 0 saturated carbocycles. The van der Waals surface area contributed by atoms with Crippen molar-refractivity contribution in [2.75, 3.05) is 6.61 Å². The van der Waals surface area contributed by atoms with E-state index in [1.54, 1.807) is 0 Å². The van der Waals surface area contributed by atoms with E-state index in [-0.39, 0.29) is 12.2 Å². The Morgan fingerprint density at radius 2 is 2.00 bits per heavy atom. The van der Waals surface area contributed by atoms with Gasteiger partial charge in [-0.15, -0.1) is 0 Å². The molecule has 0 saturated heterocycles. The Hall–Kier alpha value is -0.860. The summed E-state index contributed by atoms with van der Waals surface area (Å²) in [6.07, 6.45) is 0.879. The highest BCUT2D eigenvalue weighted by molar-refractivity contribution is 5.94. The van der Waals surface area contributed by atoms with E-state index < -0.39 is 5.97 Å². The summed E-state index contributed by atoms with van der Waals surface area (Å²) >= 11 is 0. The highest BCUT2D eigenvalue weighted by Crippen LogP contribution is 2.01. The van der Waals surface area contributed by atoms with E-state index in [0.29, 0.717) is 12.5 Å². The molecule has 12 heavy (non-hydrogen) atoms. The number of Topliss-reactive ketones (excluding diaryl/α,β-unsaturated/α-hetero) is 1. The average molecular weight is 172 g/mol. The first-order valence-electron chi connectivity index (χ1n) is 4.21. The molecule has 1 atom stereocenters. The molecule has 0 bridgehead atoms. The molecular weight excluding hydrogens is 156 g/mol. The first-order chi connectivity index (χ1) is 5.56. The van der Waals surface area contributed by atoms with E-state index in [9.17, 15) is 9.59 Å². The highest BCUT2D eigenvalue weighted by atomic mass is 16.5. The fourth-order valence-corrected chi connectivity index (χ4v) is 0.607. The maximum Gasteiger partial charge on any atom is 0.313 e. The zero-order valence-electron chi connectivity index (χ0n) is 7.92. The quantitative estimate of drug-likeness (QED) is 0.467. The van der Waals surface area contributed by atoms with Gasteiger partial charge in [-0.3, -0.25) is 9.59 Å². The van der Waals surface area contributed by atoms with Gasteiger partial charge in [-0.2, -0.15) is 0 Å². The predicted octanol–water partition coefficient (Wildman–Crippen LogP) is 1.55. The first-order valence-corrected chi connectivity index (χ1v) is 4.21. The van der Waals surface area contributed by atoms with Crippen LogP contribution in [-0.4, -0.2) is 18.4 Å². The zero-order chi connectivity index (χ0) is 9.56. The van der Waals surface area contributed by atoms with Crippen molar-refractivity contribution in [3.8, 4) is 0 Å². The second kappa shape index (κ2) is 5.75. The Kier molecular flexibility index (Phi) is 5.34. The van der Waals surface area contributed by atoms with E-state index in [1.807, 2.05) is 13.8 Å². The fraction of sp³-hybridized carbons (Fsp3) is 0.778. The maximum absolute atomic E-state index is 10.8. The Morgan fingerprint density at radius 1 is 1.42 bits per heavy atom. The van der Waals surface area contributed by atoms with Crippen LogP contribution in [0.1, 0.15) is 33.6 Å². The molecule has 0 spiro atoms. The summed E-state index contributed by atoms with van der Waals surface area (Å²) in [6, 6.07) is 0. The molecule has 0 rings (SSSR count). The molecule has 0 fully saturated rings. The van der Waals surface area contributed by atoms with Crippen LogP contribution in [-0.2, 0) is 14.3 Å². The molecule has 3 heteroatoms. The topological polar surface area (TPSA) is 43.4 Å². The highest BCUT2D eigenvalue weighted by Gasteiger charge is 2.07. The van der Waals surface area contributed by atoms with Crippen molar-refractivity contribution in [2.45, 2.75) is 33.6 Å². The molecule has 0 aromatic carbocycles.